The Hall–Kier alpha value is -2.70. The van der Waals surface area contributed by atoms with E-state index in [1.54, 1.807) is 24.3 Å². The summed E-state index contributed by atoms with van der Waals surface area (Å²) >= 11 is 0. The van der Waals surface area contributed by atoms with Crippen molar-refractivity contribution in [1.29, 1.82) is 0 Å². The summed E-state index contributed by atoms with van der Waals surface area (Å²) in [5.41, 5.74) is -0.683. The number of hydrogen-bond acceptors (Lipinski definition) is 4. The lowest BCUT2D eigenvalue weighted by Gasteiger charge is -2.28. The maximum atomic E-state index is 12.6. The normalized spacial score (nSPS) is 24.9. The van der Waals surface area contributed by atoms with E-state index in [0.29, 0.717) is 11.8 Å². The van der Waals surface area contributed by atoms with Gasteiger partial charge in [-0.3, -0.25) is 9.59 Å². The monoisotopic (exact) mass is 369 g/mol. The lowest BCUT2D eigenvalue weighted by Crippen LogP contribution is -2.43. The van der Waals surface area contributed by atoms with Gasteiger partial charge in [-0.05, 0) is 50.0 Å². The number of carbonyl (C=O) groups is 2. The number of hydrogen-bond donors (Lipinski definition) is 2. The van der Waals surface area contributed by atoms with Gasteiger partial charge in [0.1, 0.15) is 6.54 Å². The van der Waals surface area contributed by atoms with Gasteiger partial charge in [-0.2, -0.15) is 5.10 Å². The van der Waals surface area contributed by atoms with E-state index >= 15 is 0 Å². The summed E-state index contributed by atoms with van der Waals surface area (Å²) in [5.74, 6) is 0.429. The highest BCUT2D eigenvalue weighted by molar-refractivity contribution is 6.01. The van der Waals surface area contributed by atoms with Gasteiger partial charge in [0.2, 0.25) is 5.91 Å². The molecule has 27 heavy (non-hydrogen) atoms. The molecule has 1 aromatic carbocycles. The predicted molar refractivity (Wildman–Crippen MR) is 99.5 cm³/mol. The molecule has 1 amide bonds. The molecule has 4 atom stereocenters. The number of nitrogens with zero attached hydrogens (tertiary/aromatic N) is 2. The van der Waals surface area contributed by atoms with Gasteiger partial charge in [0.15, 0.2) is 5.69 Å². The molecule has 2 aliphatic rings. The Kier molecular flexibility index (Phi) is 4.45. The topological polar surface area (TPSA) is 101 Å². The fourth-order valence-corrected chi connectivity index (χ4v) is 4.95. The van der Waals surface area contributed by atoms with Gasteiger partial charge < -0.3 is 10.4 Å². The first-order valence-electron chi connectivity index (χ1n) is 9.46. The quantitative estimate of drug-likeness (QED) is 0.840. The molecule has 0 aliphatic heterocycles. The minimum absolute atomic E-state index is 0.0444. The maximum Gasteiger partial charge on any atom is 0.357 e. The van der Waals surface area contributed by atoms with E-state index in [2.05, 4.69) is 10.4 Å². The summed E-state index contributed by atoms with van der Waals surface area (Å²) in [6.07, 6.45) is 4.96. The van der Waals surface area contributed by atoms with E-state index in [0.717, 1.165) is 17.0 Å². The van der Waals surface area contributed by atoms with Gasteiger partial charge in [-0.15, -0.1) is 0 Å². The highest BCUT2D eigenvalue weighted by atomic mass is 16.4. The molecule has 7 nitrogen and oxygen atoms in total. The van der Waals surface area contributed by atoms with Crippen molar-refractivity contribution >= 4 is 22.6 Å². The Bertz CT molecular complexity index is 967. The van der Waals surface area contributed by atoms with Gasteiger partial charge in [0.25, 0.3) is 5.56 Å². The van der Waals surface area contributed by atoms with Gasteiger partial charge >= 0.3 is 5.97 Å². The fraction of sp³-hybridized carbons (Fsp3) is 0.500. The number of carbonyl (C=O) groups excluding carboxylic acids is 1. The lowest BCUT2D eigenvalue weighted by atomic mass is 9.84. The first kappa shape index (κ1) is 17.7. The number of aromatic nitrogens is 2. The highest BCUT2D eigenvalue weighted by Crippen LogP contribution is 2.49. The molecule has 2 aromatic rings. The number of aromatic carboxylic acids is 1. The number of nitrogens with one attached hydrogen (secondary N) is 1. The molecule has 1 heterocycles. The Balaban J connectivity index is 1.54. The van der Waals surface area contributed by atoms with E-state index in [1.165, 1.54) is 19.3 Å². The van der Waals surface area contributed by atoms with Crippen molar-refractivity contribution in [2.24, 2.45) is 17.8 Å². The molecule has 0 spiro atoms. The van der Waals surface area contributed by atoms with E-state index in [4.69, 9.17) is 0 Å². The second-order valence-electron chi connectivity index (χ2n) is 7.86. The molecule has 1 aromatic heterocycles. The molecular weight excluding hydrogens is 346 g/mol. The van der Waals surface area contributed by atoms with Crippen LogP contribution in [0.2, 0.25) is 0 Å². The first-order valence-corrected chi connectivity index (χ1v) is 9.46. The van der Waals surface area contributed by atoms with Gasteiger partial charge in [-0.25, -0.2) is 9.48 Å². The van der Waals surface area contributed by atoms with Crippen LogP contribution < -0.4 is 10.9 Å². The molecule has 2 bridgehead atoms. The zero-order chi connectivity index (χ0) is 19.1. The van der Waals surface area contributed by atoms with Crippen LogP contribution in [-0.4, -0.2) is 32.8 Å². The van der Waals surface area contributed by atoms with Crippen molar-refractivity contribution in [3.05, 3.63) is 40.3 Å². The molecule has 2 N–H and O–H groups in total. The highest BCUT2D eigenvalue weighted by Gasteiger charge is 2.42. The molecule has 7 heteroatoms. The molecule has 0 saturated heterocycles. The molecule has 0 radical (unpaired) electrons. The second-order valence-corrected chi connectivity index (χ2v) is 7.86. The summed E-state index contributed by atoms with van der Waals surface area (Å²) in [6, 6.07) is 6.47. The lowest BCUT2D eigenvalue weighted by molar-refractivity contribution is -0.123. The zero-order valence-electron chi connectivity index (χ0n) is 15.2. The number of fused-ring (bicyclic) bond motifs is 3. The molecule has 4 rings (SSSR count). The molecular formula is C20H23N3O4. The van der Waals surface area contributed by atoms with E-state index < -0.39 is 11.5 Å². The number of carboxylic acids is 1. The fourth-order valence-electron chi connectivity index (χ4n) is 4.95. The Morgan fingerprint density at radius 3 is 2.63 bits per heavy atom. The third-order valence-corrected chi connectivity index (χ3v) is 6.19. The van der Waals surface area contributed by atoms with Crippen molar-refractivity contribution in [3.63, 3.8) is 0 Å². The Morgan fingerprint density at radius 1 is 1.26 bits per heavy atom. The average molecular weight is 369 g/mol. The third kappa shape index (κ3) is 3.22. The molecule has 2 aliphatic carbocycles. The van der Waals surface area contributed by atoms with Crippen molar-refractivity contribution < 1.29 is 14.7 Å². The minimum Gasteiger partial charge on any atom is -0.476 e. The van der Waals surface area contributed by atoms with Crippen LogP contribution in [0.4, 0.5) is 0 Å². The first-order chi connectivity index (χ1) is 12.9. The van der Waals surface area contributed by atoms with Crippen LogP contribution in [0.25, 0.3) is 10.8 Å². The molecule has 2 saturated carbocycles. The average Bonchev–Trinajstić information content (AvgIpc) is 3.27. The number of amides is 1. The van der Waals surface area contributed by atoms with Crippen molar-refractivity contribution in [2.75, 3.05) is 0 Å². The van der Waals surface area contributed by atoms with Crippen molar-refractivity contribution in [1.82, 2.24) is 15.1 Å². The second kappa shape index (κ2) is 6.79. The van der Waals surface area contributed by atoms with Crippen LogP contribution in [-0.2, 0) is 11.3 Å². The number of carboxylic acid groups (broad SMARTS) is 1. The number of rotatable bonds is 5. The van der Waals surface area contributed by atoms with Gasteiger partial charge in [0.05, 0.1) is 5.39 Å². The van der Waals surface area contributed by atoms with Crippen LogP contribution in [0, 0.1) is 17.8 Å². The summed E-state index contributed by atoms with van der Waals surface area (Å²) < 4.78 is 0.953. The maximum absolute atomic E-state index is 12.6. The van der Waals surface area contributed by atoms with Crippen LogP contribution in [0.1, 0.15) is 43.1 Å². The summed E-state index contributed by atoms with van der Waals surface area (Å²) in [5, 5.41) is 16.9. The van der Waals surface area contributed by atoms with Crippen molar-refractivity contribution in [2.45, 2.75) is 45.2 Å². The summed E-state index contributed by atoms with van der Waals surface area (Å²) in [4.78, 5) is 36.6. The molecule has 2 fully saturated rings. The summed E-state index contributed by atoms with van der Waals surface area (Å²) in [7, 11) is 0. The minimum atomic E-state index is -1.23. The van der Waals surface area contributed by atoms with Crippen LogP contribution in [0.3, 0.4) is 0 Å². The number of benzene rings is 1. The van der Waals surface area contributed by atoms with Crippen LogP contribution >= 0.6 is 0 Å². The van der Waals surface area contributed by atoms with Gasteiger partial charge in [0, 0.05) is 11.4 Å². The molecule has 0 unspecified atom stereocenters. The SMILES string of the molecule is C[C@H](NC(=O)Cn1nc(C(=O)O)c2ccccc2c1=O)[C@H]1C[C@H]2CC[C@H]1C2. The van der Waals surface area contributed by atoms with Crippen LogP contribution in [0.15, 0.2) is 29.1 Å². The molecule has 142 valence electrons. The third-order valence-electron chi connectivity index (χ3n) is 6.19. The van der Waals surface area contributed by atoms with Gasteiger partial charge in [-0.1, -0.05) is 24.6 Å². The van der Waals surface area contributed by atoms with E-state index in [1.807, 2.05) is 6.92 Å². The Morgan fingerprint density at radius 2 is 2.00 bits per heavy atom. The predicted octanol–water partition coefficient (Wildman–Crippen LogP) is 2.04. The van der Waals surface area contributed by atoms with Crippen LogP contribution in [0.5, 0.6) is 0 Å². The van der Waals surface area contributed by atoms with Crippen molar-refractivity contribution in [3.8, 4) is 0 Å². The largest absolute Gasteiger partial charge is 0.476 e. The smallest absolute Gasteiger partial charge is 0.357 e. The standard InChI is InChI=1S/C20H23N3O4/c1-11(16-9-12-6-7-13(16)8-12)21-17(24)10-23-19(25)15-5-3-2-4-14(15)18(22-23)20(26)27/h2-5,11-13,16H,6-10H2,1H3,(H,21,24)(H,26,27)/t11-,12-,13-,16+/m0/s1. The summed E-state index contributed by atoms with van der Waals surface area (Å²) in [6.45, 7) is 1.73. The zero-order valence-corrected chi connectivity index (χ0v) is 15.2. The Labute approximate surface area is 156 Å². The van der Waals surface area contributed by atoms with E-state index in [-0.39, 0.29) is 35.0 Å². The van der Waals surface area contributed by atoms with E-state index in [9.17, 15) is 19.5 Å².